The van der Waals surface area contributed by atoms with Crippen molar-refractivity contribution in [2.45, 2.75) is 32.4 Å². The summed E-state index contributed by atoms with van der Waals surface area (Å²) < 4.78 is 1.96. The molecule has 2 aromatic rings. The van der Waals surface area contributed by atoms with Gasteiger partial charge < -0.3 is 10.6 Å². The van der Waals surface area contributed by atoms with Gasteiger partial charge in [-0.3, -0.25) is 4.57 Å². The lowest BCUT2D eigenvalue weighted by Crippen LogP contribution is -2.42. The highest BCUT2D eigenvalue weighted by molar-refractivity contribution is 5.80. The van der Waals surface area contributed by atoms with Crippen LogP contribution in [0.1, 0.15) is 25.6 Å². The third-order valence-corrected chi connectivity index (χ3v) is 3.72. The maximum atomic E-state index is 4.65. The topological polar surface area (TPSA) is 67.1 Å². The average molecular weight is 310 g/mol. The number of para-hydroxylation sites is 1. The molecule has 0 atom stereocenters. The Kier molecular flexibility index (Phi) is 5.03. The molecule has 6 heteroatoms. The van der Waals surface area contributed by atoms with E-state index in [1.807, 2.05) is 34.9 Å². The predicted octanol–water partition coefficient (Wildman–Crippen LogP) is 2.04. The Morgan fingerprint density at radius 2 is 2.04 bits per heavy atom. The van der Waals surface area contributed by atoms with Crippen LogP contribution in [0.15, 0.2) is 53.8 Å². The number of nitrogens with one attached hydrogen (secondary N) is 2. The van der Waals surface area contributed by atoms with Gasteiger partial charge in [0, 0.05) is 18.3 Å². The molecule has 1 aliphatic rings. The second kappa shape index (κ2) is 7.58. The van der Waals surface area contributed by atoms with Gasteiger partial charge in [0.2, 0.25) is 0 Å². The number of hydrogen-bond acceptors (Lipinski definition) is 3. The maximum Gasteiger partial charge on any atom is 0.191 e. The van der Waals surface area contributed by atoms with E-state index in [0.29, 0.717) is 12.6 Å². The molecule has 2 N–H and O–H groups in total. The van der Waals surface area contributed by atoms with Crippen LogP contribution in [0, 0.1) is 0 Å². The summed E-state index contributed by atoms with van der Waals surface area (Å²) in [6, 6.07) is 10.5. The number of rotatable bonds is 5. The van der Waals surface area contributed by atoms with Crippen LogP contribution in [0.4, 0.5) is 0 Å². The van der Waals surface area contributed by atoms with E-state index < -0.39 is 0 Å². The van der Waals surface area contributed by atoms with Crippen LogP contribution in [-0.2, 0) is 6.54 Å². The number of aliphatic imine (C=N–C) groups is 1. The van der Waals surface area contributed by atoms with Gasteiger partial charge in [0.25, 0.3) is 0 Å². The molecular formula is C17H22N6. The minimum absolute atomic E-state index is 0.430. The summed E-state index contributed by atoms with van der Waals surface area (Å²) in [6.07, 6.45) is 8.22. The van der Waals surface area contributed by atoms with Crippen molar-refractivity contribution in [3.63, 3.8) is 0 Å². The van der Waals surface area contributed by atoms with Gasteiger partial charge in [0.1, 0.15) is 12.9 Å². The fourth-order valence-corrected chi connectivity index (χ4v) is 2.57. The number of benzene rings is 1. The van der Waals surface area contributed by atoms with Crippen LogP contribution in [0.25, 0.3) is 5.69 Å². The lowest BCUT2D eigenvalue weighted by atomic mass is 10.2. The number of hydrogen-bond donors (Lipinski definition) is 2. The Labute approximate surface area is 136 Å². The highest BCUT2D eigenvalue weighted by atomic mass is 15.3. The molecule has 0 unspecified atom stereocenters. The maximum absolute atomic E-state index is 4.65. The first-order chi connectivity index (χ1) is 11.4. The van der Waals surface area contributed by atoms with Crippen molar-refractivity contribution >= 4 is 5.96 Å². The van der Waals surface area contributed by atoms with Gasteiger partial charge in [-0.1, -0.05) is 30.4 Å². The van der Waals surface area contributed by atoms with Crippen molar-refractivity contribution in [1.29, 1.82) is 0 Å². The Hall–Kier alpha value is -2.63. The van der Waals surface area contributed by atoms with E-state index in [4.69, 9.17) is 0 Å². The molecule has 6 nitrogen and oxygen atoms in total. The monoisotopic (exact) mass is 310 g/mol. The van der Waals surface area contributed by atoms with Crippen molar-refractivity contribution in [2.24, 2.45) is 4.99 Å². The summed E-state index contributed by atoms with van der Waals surface area (Å²) >= 11 is 0. The smallest absolute Gasteiger partial charge is 0.191 e. The van der Waals surface area contributed by atoms with Gasteiger partial charge in [0.05, 0.1) is 0 Å². The summed E-state index contributed by atoms with van der Waals surface area (Å²) in [5.41, 5.74) is 1.04. The zero-order chi connectivity index (χ0) is 15.9. The third-order valence-electron chi connectivity index (χ3n) is 3.72. The van der Waals surface area contributed by atoms with E-state index in [1.54, 1.807) is 6.33 Å². The Morgan fingerprint density at radius 3 is 2.78 bits per heavy atom. The van der Waals surface area contributed by atoms with Crippen LogP contribution < -0.4 is 10.6 Å². The molecule has 1 aromatic heterocycles. The Bertz CT molecular complexity index is 665. The van der Waals surface area contributed by atoms with E-state index in [-0.39, 0.29) is 0 Å². The first kappa shape index (κ1) is 15.3. The van der Waals surface area contributed by atoms with Gasteiger partial charge in [-0.15, -0.1) is 10.2 Å². The minimum Gasteiger partial charge on any atom is -0.357 e. The molecule has 120 valence electrons. The largest absolute Gasteiger partial charge is 0.357 e. The second-order valence-electron chi connectivity index (χ2n) is 5.43. The van der Waals surface area contributed by atoms with Crippen molar-refractivity contribution in [1.82, 2.24) is 25.4 Å². The number of guanidine groups is 1. The molecule has 1 heterocycles. The molecule has 0 fully saturated rings. The molecule has 1 aromatic carbocycles. The van der Waals surface area contributed by atoms with Gasteiger partial charge in [-0.25, -0.2) is 4.99 Å². The number of aromatic nitrogens is 3. The van der Waals surface area contributed by atoms with Crippen LogP contribution in [-0.4, -0.2) is 33.3 Å². The summed E-state index contributed by atoms with van der Waals surface area (Å²) in [6.45, 7) is 3.37. The van der Waals surface area contributed by atoms with Crippen LogP contribution in [0.3, 0.4) is 0 Å². The van der Waals surface area contributed by atoms with Crippen molar-refractivity contribution in [3.8, 4) is 5.69 Å². The van der Waals surface area contributed by atoms with E-state index in [2.05, 4.69) is 44.9 Å². The van der Waals surface area contributed by atoms with E-state index in [1.165, 1.54) is 0 Å². The molecule has 0 aliphatic heterocycles. The molecule has 0 amide bonds. The zero-order valence-electron chi connectivity index (χ0n) is 13.3. The van der Waals surface area contributed by atoms with E-state index >= 15 is 0 Å². The highest BCUT2D eigenvalue weighted by Crippen LogP contribution is 2.10. The first-order valence-corrected chi connectivity index (χ1v) is 8.01. The van der Waals surface area contributed by atoms with Gasteiger partial charge >= 0.3 is 0 Å². The fraction of sp³-hybridized carbons (Fsp3) is 0.353. The summed E-state index contributed by atoms with van der Waals surface area (Å²) in [4.78, 5) is 4.65. The van der Waals surface area contributed by atoms with Crippen molar-refractivity contribution in [2.75, 3.05) is 6.54 Å². The molecule has 0 radical (unpaired) electrons. The average Bonchev–Trinajstić information content (AvgIpc) is 3.25. The highest BCUT2D eigenvalue weighted by Gasteiger charge is 2.12. The molecule has 23 heavy (non-hydrogen) atoms. The van der Waals surface area contributed by atoms with Crippen LogP contribution in [0.5, 0.6) is 0 Å². The first-order valence-electron chi connectivity index (χ1n) is 8.01. The second-order valence-corrected chi connectivity index (χ2v) is 5.43. The van der Waals surface area contributed by atoms with Gasteiger partial charge in [0.15, 0.2) is 11.8 Å². The van der Waals surface area contributed by atoms with Gasteiger partial charge in [-0.05, 0) is 31.9 Å². The molecule has 3 rings (SSSR count). The Morgan fingerprint density at radius 1 is 1.26 bits per heavy atom. The van der Waals surface area contributed by atoms with Gasteiger partial charge in [-0.2, -0.15) is 0 Å². The molecule has 0 spiro atoms. The van der Waals surface area contributed by atoms with Crippen molar-refractivity contribution in [3.05, 3.63) is 54.6 Å². The molecule has 0 saturated heterocycles. The normalized spacial score (nSPS) is 15.1. The minimum atomic E-state index is 0.430. The molecule has 0 saturated carbocycles. The van der Waals surface area contributed by atoms with E-state index in [9.17, 15) is 0 Å². The van der Waals surface area contributed by atoms with E-state index in [0.717, 1.165) is 36.9 Å². The van der Waals surface area contributed by atoms with Crippen molar-refractivity contribution < 1.29 is 0 Å². The molecular weight excluding hydrogens is 288 g/mol. The quantitative estimate of drug-likeness (QED) is 0.504. The predicted molar refractivity (Wildman–Crippen MR) is 91.5 cm³/mol. The fourth-order valence-electron chi connectivity index (χ4n) is 2.57. The molecule has 1 aliphatic carbocycles. The summed E-state index contributed by atoms with van der Waals surface area (Å²) in [5, 5.41) is 15.0. The summed E-state index contributed by atoms with van der Waals surface area (Å²) in [5.74, 6) is 1.64. The molecule has 0 bridgehead atoms. The number of nitrogens with zero attached hydrogens (tertiary/aromatic N) is 4. The lowest BCUT2D eigenvalue weighted by Gasteiger charge is -2.16. The zero-order valence-corrected chi connectivity index (χ0v) is 13.3. The van der Waals surface area contributed by atoms with Crippen LogP contribution in [0.2, 0.25) is 0 Å². The van der Waals surface area contributed by atoms with Crippen LogP contribution >= 0.6 is 0 Å². The summed E-state index contributed by atoms with van der Waals surface area (Å²) in [7, 11) is 0. The Balaban J connectivity index is 1.71. The third kappa shape index (κ3) is 3.97. The standard InChI is InChI=1S/C17H22N6/c1-2-18-17(21-14-8-6-7-9-14)19-12-16-22-20-13-23(16)15-10-4-3-5-11-15/h3-7,10-11,13-14H,2,8-9,12H2,1H3,(H2,18,19,21). The lowest BCUT2D eigenvalue weighted by molar-refractivity contribution is 0.632. The SMILES string of the molecule is CCNC(=NCc1nncn1-c1ccccc1)NC1CC=CC1.